The average molecular weight is 299 g/mol. The van der Waals surface area contributed by atoms with Crippen molar-refractivity contribution in [3.05, 3.63) is 23.2 Å². The fourth-order valence-corrected chi connectivity index (χ4v) is 1.98. The van der Waals surface area contributed by atoms with Gasteiger partial charge >= 0.3 is 5.97 Å². The van der Waals surface area contributed by atoms with Crippen molar-refractivity contribution in [1.29, 1.82) is 0 Å². The van der Waals surface area contributed by atoms with Gasteiger partial charge in [0.1, 0.15) is 0 Å². The second-order valence-corrected chi connectivity index (χ2v) is 5.88. The van der Waals surface area contributed by atoms with E-state index in [-0.39, 0.29) is 12.3 Å². The smallest absolute Gasteiger partial charge is 0.309 e. The Morgan fingerprint density at radius 3 is 2.40 bits per heavy atom. The van der Waals surface area contributed by atoms with Gasteiger partial charge in [0.2, 0.25) is 5.91 Å². The molecule has 1 aromatic rings. The number of benzene rings is 1. The summed E-state index contributed by atoms with van der Waals surface area (Å²) in [6, 6.07) is 5.16. The van der Waals surface area contributed by atoms with Gasteiger partial charge < -0.3 is 15.3 Å². The number of nitrogens with one attached hydrogen (secondary N) is 1. The monoisotopic (exact) mass is 298 g/mol. The number of nitrogens with zero attached hydrogens (tertiary/aromatic N) is 1. The zero-order valence-corrected chi connectivity index (χ0v) is 12.8. The molecule has 110 valence electrons. The topological polar surface area (TPSA) is 69.6 Å². The first-order valence-electron chi connectivity index (χ1n) is 6.13. The van der Waals surface area contributed by atoms with E-state index >= 15 is 0 Å². The molecule has 0 radical (unpaired) electrons. The van der Waals surface area contributed by atoms with Gasteiger partial charge in [0.05, 0.1) is 16.1 Å². The minimum atomic E-state index is -1.10. The highest BCUT2D eigenvalue weighted by Gasteiger charge is 2.30. The van der Waals surface area contributed by atoms with E-state index in [4.69, 9.17) is 16.7 Å². The van der Waals surface area contributed by atoms with E-state index < -0.39 is 11.4 Å². The van der Waals surface area contributed by atoms with Crippen LogP contribution in [0.25, 0.3) is 0 Å². The standard InChI is InChI=1S/C14H19ClN2O3/c1-14(2,13(19)20)8-12(18)16-9-5-6-11(17(3)4)10(15)7-9/h5-7H,8H2,1-4H3,(H,16,18)(H,19,20). The Hall–Kier alpha value is -1.75. The Balaban J connectivity index is 2.77. The van der Waals surface area contributed by atoms with Crippen molar-refractivity contribution >= 4 is 34.9 Å². The molecule has 0 aromatic heterocycles. The summed E-state index contributed by atoms with van der Waals surface area (Å²) in [6.07, 6.45) is -0.102. The van der Waals surface area contributed by atoms with Crippen molar-refractivity contribution in [2.75, 3.05) is 24.3 Å². The maximum atomic E-state index is 11.8. The number of rotatable bonds is 5. The first-order chi connectivity index (χ1) is 9.13. The van der Waals surface area contributed by atoms with Gasteiger partial charge in [-0.15, -0.1) is 0 Å². The summed E-state index contributed by atoms with van der Waals surface area (Å²) in [5.41, 5.74) is 0.291. The Labute approximate surface area is 123 Å². The van der Waals surface area contributed by atoms with Crippen LogP contribution in [-0.2, 0) is 9.59 Å². The summed E-state index contributed by atoms with van der Waals surface area (Å²) in [7, 11) is 3.74. The lowest BCUT2D eigenvalue weighted by atomic mass is 9.89. The predicted molar refractivity (Wildman–Crippen MR) is 80.4 cm³/mol. The number of carbonyl (C=O) groups excluding carboxylic acids is 1. The van der Waals surface area contributed by atoms with Crippen LogP contribution in [0.3, 0.4) is 0 Å². The van der Waals surface area contributed by atoms with Crippen LogP contribution in [0.2, 0.25) is 5.02 Å². The van der Waals surface area contributed by atoms with Gasteiger partial charge in [0, 0.05) is 26.2 Å². The zero-order chi connectivity index (χ0) is 15.5. The summed E-state index contributed by atoms with van der Waals surface area (Å²) < 4.78 is 0. The first kappa shape index (κ1) is 16.3. The summed E-state index contributed by atoms with van der Waals surface area (Å²) in [4.78, 5) is 24.7. The van der Waals surface area contributed by atoms with Gasteiger partial charge in [0.25, 0.3) is 0 Å². The number of hydrogen-bond donors (Lipinski definition) is 2. The maximum Gasteiger partial charge on any atom is 0.309 e. The maximum absolute atomic E-state index is 11.8. The molecule has 1 amide bonds. The predicted octanol–water partition coefficient (Wildman–Crippen LogP) is 2.85. The van der Waals surface area contributed by atoms with E-state index in [0.717, 1.165) is 5.69 Å². The van der Waals surface area contributed by atoms with Gasteiger partial charge in [-0.1, -0.05) is 11.6 Å². The van der Waals surface area contributed by atoms with Crippen LogP contribution < -0.4 is 10.2 Å². The van der Waals surface area contributed by atoms with Crippen molar-refractivity contribution in [2.45, 2.75) is 20.3 Å². The molecule has 1 rings (SSSR count). The quantitative estimate of drug-likeness (QED) is 0.877. The lowest BCUT2D eigenvalue weighted by molar-refractivity contribution is -0.148. The molecule has 0 saturated heterocycles. The molecule has 20 heavy (non-hydrogen) atoms. The number of halogens is 1. The lowest BCUT2D eigenvalue weighted by Crippen LogP contribution is -2.29. The normalized spacial score (nSPS) is 11.1. The van der Waals surface area contributed by atoms with Crippen LogP contribution in [0, 0.1) is 5.41 Å². The Morgan fingerprint density at radius 2 is 1.95 bits per heavy atom. The lowest BCUT2D eigenvalue weighted by Gasteiger charge is -2.19. The van der Waals surface area contributed by atoms with Gasteiger partial charge in [-0.25, -0.2) is 0 Å². The highest BCUT2D eigenvalue weighted by molar-refractivity contribution is 6.33. The first-order valence-corrected chi connectivity index (χ1v) is 6.51. The van der Waals surface area contributed by atoms with Gasteiger partial charge in [-0.3, -0.25) is 9.59 Å². The molecule has 0 fully saturated rings. The number of anilines is 2. The number of carbonyl (C=O) groups is 2. The molecule has 0 aliphatic carbocycles. The van der Waals surface area contributed by atoms with E-state index in [2.05, 4.69) is 5.32 Å². The Bertz CT molecular complexity index is 527. The molecular weight excluding hydrogens is 280 g/mol. The second-order valence-electron chi connectivity index (χ2n) is 5.47. The van der Waals surface area contributed by atoms with Gasteiger partial charge in [-0.2, -0.15) is 0 Å². The van der Waals surface area contributed by atoms with Crippen molar-refractivity contribution in [3.8, 4) is 0 Å². The summed E-state index contributed by atoms with van der Waals surface area (Å²) in [6.45, 7) is 3.02. The van der Waals surface area contributed by atoms with E-state index in [1.807, 2.05) is 19.0 Å². The largest absolute Gasteiger partial charge is 0.481 e. The fourth-order valence-electron chi connectivity index (χ4n) is 1.63. The van der Waals surface area contributed by atoms with E-state index in [1.54, 1.807) is 18.2 Å². The molecule has 0 aliphatic rings. The average Bonchev–Trinajstić information content (AvgIpc) is 2.26. The van der Waals surface area contributed by atoms with Crippen molar-refractivity contribution < 1.29 is 14.7 Å². The Kier molecular flexibility index (Phi) is 5.00. The molecule has 5 nitrogen and oxygen atoms in total. The second kappa shape index (κ2) is 6.13. The minimum absolute atomic E-state index is 0.102. The SMILES string of the molecule is CN(C)c1ccc(NC(=O)CC(C)(C)C(=O)O)cc1Cl. The number of carboxylic acid groups (broad SMARTS) is 1. The van der Waals surface area contributed by atoms with E-state index in [1.165, 1.54) is 13.8 Å². The molecular formula is C14H19ClN2O3. The third-order valence-electron chi connectivity index (χ3n) is 2.89. The van der Waals surface area contributed by atoms with Crippen molar-refractivity contribution in [1.82, 2.24) is 0 Å². The molecule has 0 saturated carbocycles. The highest BCUT2D eigenvalue weighted by Crippen LogP contribution is 2.28. The number of aliphatic carboxylic acids is 1. The highest BCUT2D eigenvalue weighted by atomic mass is 35.5. The molecule has 0 bridgehead atoms. The number of carboxylic acids is 1. The van der Waals surface area contributed by atoms with Crippen molar-refractivity contribution in [3.63, 3.8) is 0 Å². The van der Waals surface area contributed by atoms with Crippen LogP contribution in [-0.4, -0.2) is 31.1 Å². The van der Waals surface area contributed by atoms with Crippen LogP contribution in [0.15, 0.2) is 18.2 Å². The zero-order valence-electron chi connectivity index (χ0n) is 12.0. The number of hydrogen-bond acceptors (Lipinski definition) is 3. The van der Waals surface area contributed by atoms with Crippen LogP contribution in [0.5, 0.6) is 0 Å². The van der Waals surface area contributed by atoms with E-state index in [9.17, 15) is 9.59 Å². The number of amides is 1. The molecule has 6 heteroatoms. The van der Waals surface area contributed by atoms with Crippen LogP contribution in [0.1, 0.15) is 20.3 Å². The fraction of sp³-hybridized carbons (Fsp3) is 0.429. The molecule has 0 atom stereocenters. The Morgan fingerprint density at radius 1 is 1.35 bits per heavy atom. The molecule has 2 N–H and O–H groups in total. The van der Waals surface area contributed by atoms with Gasteiger partial charge in [0.15, 0.2) is 0 Å². The summed E-state index contributed by atoms with van der Waals surface area (Å²) in [5, 5.41) is 12.2. The summed E-state index contributed by atoms with van der Waals surface area (Å²) >= 11 is 6.10. The third kappa shape index (κ3) is 4.13. The molecule has 0 unspecified atom stereocenters. The van der Waals surface area contributed by atoms with Gasteiger partial charge in [-0.05, 0) is 32.0 Å². The van der Waals surface area contributed by atoms with Crippen LogP contribution in [0.4, 0.5) is 11.4 Å². The minimum Gasteiger partial charge on any atom is -0.481 e. The van der Waals surface area contributed by atoms with E-state index in [0.29, 0.717) is 10.7 Å². The molecule has 1 aromatic carbocycles. The molecule has 0 heterocycles. The van der Waals surface area contributed by atoms with Crippen LogP contribution >= 0.6 is 11.6 Å². The summed E-state index contributed by atoms with van der Waals surface area (Å²) in [5.74, 6) is -1.36. The third-order valence-corrected chi connectivity index (χ3v) is 3.20. The molecule has 0 spiro atoms. The van der Waals surface area contributed by atoms with Crippen molar-refractivity contribution in [2.24, 2.45) is 5.41 Å². The molecule has 0 aliphatic heterocycles.